The molecule has 2 aromatic rings. The van der Waals surface area contributed by atoms with Crippen molar-refractivity contribution in [2.24, 2.45) is 0 Å². The Balaban J connectivity index is 1.90. The lowest BCUT2D eigenvalue weighted by Gasteiger charge is -2.45. The van der Waals surface area contributed by atoms with Gasteiger partial charge in [0.15, 0.2) is 5.11 Å². The summed E-state index contributed by atoms with van der Waals surface area (Å²) in [5.41, 5.74) is 1.82. The maximum atomic E-state index is 12.6. The summed E-state index contributed by atoms with van der Waals surface area (Å²) in [6.45, 7) is 10.3. The van der Waals surface area contributed by atoms with Gasteiger partial charge in [-0.15, -0.1) is 0 Å². The van der Waals surface area contributed by atoms with Crippen molar-refractivity contribution in [2.75, 3.05) is 45.2 Å². The third-order valence-electron chi connectivity index (χ3n) is 5.00. The quantitative estimate of drug-likeness (QED) is 0.454. The van der Waals surface area contributed by atoms with E-state index in [9.17, 15) is 10.0 Å². The van der Waals surface area contributed by atoms with Crippen molar-refractivity contribution in [3.63, 3.8) is 0 Å². The van der Waals surface area contributed by atoms with Crippen molar-refractivity contribution in [3.8, 4) is 0 Å². The van der Waals surface area contributed by atoms with Gasteiger partial charge >= 0.3 is 6.09 Å². The molecule has 1 aliphatic heterocycles. The number of aromatic nitrogens is 2. The van der Waals surface area contributed by atoms with Gasteiger partial charge < -0.3 is 24.8 Å². The number of benzene rings is 1. The second-order valence-corrected chi connectivity index (χ2v) is 8.97. The minimum atomic E-state index is -0.441. The zero-order valence-electron chi connectivity index (χ0n) is 17.7. The summed E-state index contributed by atoms with van der Waals surface area (Å²) in [6, 6.07) is 5.62. The number of rotatable bonds is 2. The first-order valence-electron chi connectivity index (χ1n) is 9.83. The van der Waals surface area contributed by atoms with E-state index >= 15 is 0 Å². The van der Waals surface area contributed by atoms with Crippen LogP contribution in [-0.4, -0.2) is 70.1 Å². The van der Waals surface area contributed by atoms with Gasteiger partial charge in [-0.1, -0.05) is 20.8 Å². The molecule has 1 saturated heterocycles. The Kier molecular flexibility index (Phi) is 5.84. The Bertz CT molecular complexity index is 922. The van der Waals surface area contributed by atoms with Crippen LogP contribution in [0.25, 0.3) is 11.0 Å². The summed E-state index contributed by atoms with van der Waals surface area (Å²) < 4.78 is 6.56. The van der Waals surface area contributed by atoms with Gasteiger partial charge in [-0.05, 0) is 37.3 Å². The zero-order chi connectivity index (χ0) is 21.4. The Morgan fingerprint density at radius 1 is 1.34 bits per heavy atom. The fourth-order valence-corrected chi connectivity index (χ4v) is 3.62. The normalized spacial score (nSPS) is 16.7. The minimum Gasteiger partial charge on any atom is -0.633 e. The maximum Gasteiger partial charge on any atom is 0.419 e. The van der Waals surface area contributed by atoms with Crippen LogP contribution in [-0.2, 0) is 10.2 Å². The average molecular weight is 420 g/mol. The van der Waals surface area contributed by atoms with Crippen molar-refractivity contribution in [2.45, 2.75) is 33.1 Å². The highest BCUT2D eigenvalue weighted by Gasteiger charge is 2.27. The molecular weight excluding hydrogens is 390 g/mol. The van der Waals surface area contributed by atoms with E-state index in [-0.39, 0.29) is 16.7 Å². The topological polar surface area (TPSA) is 82.5 Å². The molecule has 9 heteroatoms. The molecule has 8 nitrogen and oxygen atoms in total. The Morgan fingerprint density at radius 2 is 2.00 bits per heavy atom. The van der Waals surface area contributed by atoms with Gasteiger partial charge in [0.25, 0.3) is 0 Å². The summed E-state index contributed by atoms with van der Waals surface area (Å²) in [5.74, 6) is 0.647. The van der Waals surface area contributed by atoms with Crippen LogP contribution in [0.3, 0.4) is 0 Å². The Labute approximate surface area is 176 Å². The minimum absolute atomic E-state index is 0.237. The number of thiocarbonyl (C=S) groups is 1. The van der Waals surface area contributed by atoms with Crippen LogP contribution in [0.1, 0.15) is 33.5 Å². The highest BCUT2D eigenvalue weighted by Crippen LogP contribution is 2.28. The van der Waals surface area contributed by atoms with Gasteiger partial charge in [0.2, 0.25) is 0 Å². The standard InChI is InChI=1S/C20H29N5O3S/c1-6-28-19(26)24-16-13-14(7-8-15(16)22-17(24)20(2,3)4)21-18(29)23-9-11-25(5,27)12-10-23/h7-8,13H,6,9-12H2,1-5H3,(H,21,29). The fourth-order valence-electron chi connectivity index (χ4n) is 3.32. The predicted molar refractivity (Wildman–Crippen MR) is 118 cm³/mol. The number of imidazole rings is 1. The SMILES string of the molecule is CCOC(=O)n1c(C(C)(C)C)nc2ccc(NC(=S)N3CC[N+](C)([O-])CC3)cc21. The number of piperazine rings is 1. The van der Waals surface area contributed by atoms with Crippen LogP contribution < -0.4 is 5.32 Å². The number of hydrogen-bond donors (Lipinski definition) is 1. The van der Waals surface area contributed by atoms with Gasteiger partial charge in [-0.25, -0.2) is 14.3 Å². The maximum absolute atomic E-state index is 12.6. The third-order valence-corrected chi connectivity index (χ3v) is 5.36. The number of nitrogens with one attached hydrogen (secondary N) is 1. The molecule has 1 aromatic heterocycles. The van der Waals surface area contributed by atoms with Gasteiger partial charge in [-0.2, -0.15) is 0 Å². The van der Waals surface area contributed by atoms with Crippen LogP contribution in [0.2, 0.25) is 0 Å². The lowest BCUT2D eigenvalue weighted by atomic mass is 9.96. The van der Waals surface area contributed by atoms with Gasteiger partial charge in [-0.3, -0.25) is 0 Å². The molecule has 1 aliphatic rings. The second kappa shape index (κ2) is 7.89. The van der Waals surface area contributed by atoms with Crippen LogP contribution in [0, 0.1) is 5.21 Å². The molecule has 0 aliphatic carbocycles. The molecule has 1 aromatic carbocycles. The van der Waals surface area contributed by atoms with Crippen LogP contribution >= 0.6 is 12.2 Å². The predicted octanol–water partition coefficient (Wildman–Crippen LogP) is 3.30. The molecule has 158 valence electrons. The van der Waals surface area contributed by atoms with Gasteiger partial charge in [0.1, 0.15) is 5.82 Å². The second-order valence-electron chi connectivity index (χ2n) is 8.58. The molecule has 1 N–H and O–H groups in total. The number of carbonyl (C=O) groups excluding carboxylic acids is 1. The molecule has 0 spiro atoms. The van der Waals surface area contributed by atoms with E-state index in [1.807, 2.05) is 43.9 Å². The monoisotopic (exact) mass is 419 g/mol. The Hall–Kier alpha value is -2.23. The number of carbonyl (C=O) groups is 1. The molecule has 3 rings (SSSR count). The number of nitrogens with zero attached hydrogens (tertiary/aromatic N) is 4. The zero-order valence-corrected chi connectivity index (χ0v) is 18.5. The molecule has 2 heterocycles. The van der Waals surface area contributed by atoms with Crippen LogP contribution in [0.4, 0.5) is 10.5 Å². The number of quaternary nitrogens is 1. The van der Waals surface area contributed by atoms with E-state index < -0.39 is 6.09 Å². The van der Waals surface area contributed by atoms with E-state index in [1.54, 1.807) is 14.0 Å². The first-order chi connectivity index (χ1) is 13.5. The Morgan fingerprint density at radius 3 is 2.59 bits per heavy atom. The lowest BCUT2D eigenvalue weighted by molar-refractivity contribution is -0.864. The summed E-state index contributed by atoms with van der Waals surface area (Å²) in [5, 5.41) is 15.8. The molecule has 1 fully saturated rings. The van der Waals surface area contributed by atoms with E-state index in [0.29, 0.717) is 42.6 Å². The number of ether oxygens (including phenoxy) is 1. The lowest BCUT2D eigenvalue weighted by Crippen LogP contribution is -2.55. The largest absolute Gasteiger partial charge is 0.633 e. The number of likely N-dealkylation sites (N-methyl/N-ethyl adjacent to an activating group) is 1. The van der Waals surface area contributed by atoms with Crippen LogP contribution in [0.5, 0.6) is 0 Å². The molecule has 0 atom stereocenters. The van der Waals surface area contributed by atoms with Gasteiger partial charge in [0.05, 0.1) is 50.9 Å². The summed E-state index contributed by atoms with van der Waals surface area (Å²) in [4.78, 5) is 19.3. The van der Waals surface area contributed by atoms with Crippen molar-refractivity contribution in [1.82, 2.24) is 14.5 Å². The first kappa shape index (κ1) is 21.5. The van der Waals surface area contributed by atoms with Crippen molar-refractivity contribution in [3.05, 3.63) is 29.2 Å². The molecular formula is C20H29N5O3S. The average Bonchev–Trinajstić information content (AvgIpc) is 3.01. The summed E-state index contributed by atoms with van der Waals surface area (Å²) in [7, 11) is 1.69. The smallest absolute Gasteiger partial charge is 0.419 e. The van der Waals surface area contributed by atoms with Crippen molar-refractivity contribution < 1.29 is 14.2 Å². The molecule has 29 heavy (non-hydrogen) atoms. The highest BCUT2D eigenvalue weighted by molar-refractivity contribution is 7.80. The van der Waals surface area contributed by atoms with Crippen molar-refractivity contribution >= 4 is 40.1 Å². The highest BCUT2D eigenvalue weighted by atomic mass is 32.1. The summed E-state index contributed by atoms with van der Waals surface area (Å²) >= 11 is 5.54. The number of anilines is 1. The number of hydrogen-bond acceptors (Lipinski definition) is 5. The van der Waals surface area contributed by atoms with E-state index in [1.165, 1.54) is 4.57 Å². The number of fused-ring (bicyclic) bond motifs is 1. The first-order valence-corrected chi connectivity index (χ1v) is 10.2. The van der Waals surface area contributed by atoms with Gasteiger partial charge in [0, 0.05) is 11.1 Å². The third kappa shape index (κ3) is 4.68. The molecule has 0 unspecified atom stereocenters. The van der Waals surface area contributed by atoms with E-state index in [2.05, 4.69) is 10.3 Å². The molecule has 0 saturated carbocycles. The molecule has 0 amide bonds. The number of hydroxylamine groups is 3. The van der Waals surface area contributed by atoms with E-state index in [4.69, 9.17) is 17.0 Å². The molecule has 0 bridgehead atoms. The van der Waals surface area contributed by atoms with E-state index in [0.717, 1.165) is 11.2 Å². The van der Waals surface area contributed by atoms with Crippen molar-refractivity contribution in [1.29, 1.82) is 0 Å². The van der Waals surface area contributed by atoms with Crippen LogP contribution in [0.15, 0.2) is 18.2 Å². The fraction of sp³-hybridized carbons (Fsp3) is 0.550. The molecule has 0 radical (unpaired) electrons. The summed E-state index contributed by atoms with van der Waals surface area (Å²) in [6.07, 6.45) is -0.441.